The van der Waals surface area contributed by atoms with E-state index in [-0.39, 0.29) is 23.9 Å². The van der Waals surface area contributed by atoms with Crippen LogP contribution >= 0.6 is 12.4 Å². The van der Waals surface area contributed by atoms with E-state index in [1.165, 1.54) is 0 Å². The van der Waals surface area contributed by atoms with Gasteiger partial charge in [-0.2, -0.15) is 10.2 Å². The van der Waals surface area contributed by atoms with Gasteiger partial charge in [-0.15, -0.1) is 12.4 Å². The summed E-state index contributed by atoms with van der Waals surface area (Å²) < 4.78 is 1.81. The van der Waals surface area contributed by atoms with Gasteiger partial charge in [0.05, 0.1) is 11.4 Å². The minimum atomic E-state index is -0.366. The average molecular weight is 355 g/mol. The third-order valence-corrected chi connectivity index (χ3v) is 4.60. The van der Waals surface area contributed by atoms with Gasteiger partial charge in [-0.25, -0.2) is 0 Å². The van der Waals surface area contributed by atoms with Crippen molar-refractivity contribution < 1.29 is 4.79 Å². The number of carbonyl (C=O) groups excluding carboxylic acids is 1. The van der Waals surface area contributed by atoms with Crippen LogP contribution in [0.3, 0.4) is 0 Å². The Labute approximate surface area is 148 Å². The van der Waals surface area contributed by atoms with Crippen molar-refractivity contribution in [2.24, 2.45) is 12.8 Å². The molecule has 1 amide bonds. The van der Waals surface area contributed by atoms with Crippen LogP contribution in [0.4, 0.5) is 0 Å². The van der Waals surface area contributed by atoms with Gasteiger partial charge in [0.15, 0.2) is 0 Å². The highest BCUT2D eigenvalue weighted by molar-refractivity contribution is 5.93. The second-order valence-corrected chi connectivity index (χ2v) is 6.09. The molecule has 2 rings (SSSR count). The standard InChI is InChI=1S/C16H26N6O.ClH/c1-6-16(17,7-2)9-18-15(23)13-8-12(19-20-13)14-10(3)21-22(5)11(14)4;/h8H,6-7,9,17H2,1-5H3,(H,18,23)(H,19,20);1H. The number of hydrogen-bond acceptors (Lipinski definition) is 4. The second kappa shape index (κ2) is 7.81. The fraction of sp³-hybridized carbons (Fsp3) is 0.562. The Balaban J connectivity index is 0.00000288. The van der Waals surface area contributed by atoms with E-state index in [1.54, 1.807) is 6.07 Å². The van der Waals surface area contributed by atoms with Gasteiger partial charge in [-0.3, -0.25) is 14.6 Å². The van der Waals surface area contributed by atoms with Crippen LogP contribution in [0.2, 0.25) is 0 Å². The van der Waals surface area contributed by atoms with Crippen LogP contribution in [-0.2, 0) is 7.05 Å². The lowest BCUT2D eigenvalue weighted by molar-refractivity contribution is 0.0937. The molecule has 0 aliphatic carbocycles. The quantitative estimate of drug-likeness (QED) is 0.739. The molecule has 0 saturated carbocycles. The molecule has 0 bridgehead atoms. The van der Waals surface area contributed by atoms with Crippen molar-refractivity contribution in [1.29, 1.82) is 0 Å². The van der Waals surface area contributed by atoms with Gasteiger partial charge in [0.1, 0.15) is 5.69 Å². The van der Waals surface area contributed by atoms with E-state index in [2.05, 4.69) is 20.6 Å². The van der Waals surface area contributed by atoms with Crippen LogP contribution in [-0.4, -0.2) is 38.0 Å². The van der Waals surface area contributed by atoms with Crippen molar-refractivity contribution in [1.82, 2.24) is 25.3 Å². The van der Waals surface area contributed by atoms with E-state index >= 15 is 0 Å². The van der Waals surface area contributed by atoms with E-state index < -0.39 is 0 Å². The van der Waals surface area contributed by atoms with Gasteiger partial charge in [0, 0.05) is 30.4 Å². The Hall–Kier alpha value is -1.86. The zero-order chi connectivity index (χ0) is 17.2. The van der Waals surface area contributed by atoms with Crippen molar-refractivity contribution in [2.75, 3.05) is 6.54 Å². The maximum atomic E-state index is 12.3. The number of nitrogens with two attached hydrogens (primary N) is 1. The average Bonchev–Trinajstić information content (AvgIpc) is 3.10. The highest BCUT2D eigenvalue weighted by Crippen LogP contribution is 2.25. The molecule has 2 aromatic rings. The van der Waals surface area contributed by atoms with Crippen molar-refractivity contribution in [3.63, 3.8) is 0 Å². The monoisotopic (exact) mass is 354 g/mol. The fourth-order valence-corrected chi connectivity index (χ4v) is 2.56. The molecule has 0 aliphatic rings. The summed E-state index contributed by atoms with van der Waals surface area (Å²) >= 11 is 0. The van der Waals surface area contributed by atoms with Crippen LogP contribution in [0.25, 0.3) is 11.3 Å². The summed E-state index contributed by atoms with van der Waals surface area (Å²) in [4.78, 5) is 12.3. The van der Waals surface area contributed by atoms with Crippen molar-refractivity contribution in [3.05, 3.63) is 23.1 Å². The SMILES string of the molecule is CCC(N)(CC)CNC(=O)c1cc(-c2c(C)nn(C)c2C)n[nH]1.Cl. The summed E-state index contributed by atoms with van der Waals surface area (Å²) in [5.41, 5.74) is 9.86. The first kappa shape index (κ1) is 20.2. The zero-order valence-electron chi connectivity index (χ0n) is 14.9. The molecule has 0 saturated heterocycles. The Morgan fingerprint density at radius 3 is 2.50 bits per heavy atom. The highest BCUT2D eigenvalue weighted by Gasteiger charge is 2.22. The van der Waals surface area contributed by atoms with E-state index in [1.807, 2.05) is 39.4 Å². The predicted octanol–water partition coefficient (Wildman–Crippen LogP) is 2.10. The summed E-state index contributed by atoms with van der Waals surface area (Å²) in [6.07, 6.45) is 1.62. The third-order valence-electron chi connectivity index (χ3n) is 4.60. The van der Waals surface area contributed by atoms with Gasteiger partial charge < -0.3 is 11.1 Å². The Kier molecular flexibility index (Phi) is 6.57. The number of amides is 1. The highest BCUT2D eigenvalue weighted by atomic mass is 35.5. The molecule has 2 aromatic heterocycles. The lowest BCUT2D eigenvalue weighted by atomic mass is 9.94. The number of nitrogens with one attached hydrogen (secondary N) is 2. The van der Waals surface area contributed by atoms with Crippen LogP contribution < -0.4 is 11.1 Å². The van der Waals surface area contributed by atoms with Gasteiger partial charge in [-0.05, 0) is 32.8 Å². The molecule has 8 heteroatoms. The predicted molar refractivity (Wildman–Crippen MR) is 97.3 cm³/mol. The molecule has 24 heavy (non-hydrogen) atoms. The first-order valence-corrected chi connectivity index (χ1v) is 7.94. The summed E-state index contributed by atoms with van der Waals surface area (Å²) in [6.45, 7) is 8.41. The maximum Gasteiger partial charge on any atom is 0.269 e. The normalized spacial score (nSPS) is 11.2. The summed E-state index contributed by atoms with van der Waals surface area (Å²) in [6, 6.07) is 1.75. The van der Waals surface area contributed by atoms with Crippen molar-refractivity contribution >= 4 is 18.3 Å². The minimum absolute atomic E-state index is 0. The molecule has 0 fully saturated rings. The molecular weight excluding hydrogens is 328 g/mol. The van der Waals surface area contributed by atoms with Crippen LogP contribution in [0.1, 0.15) is 48.6 Å². The van der Waals surface area contributed by atoms with Gasteiger partial charge in [0.25, 0.3) is 5.91 Å². The number of halogens is 1. The number of aromatic amines is 1. The summed E-state index contributed by atoms with van der Waals surface area (Å²) in [5, 5.41) is 14.3. The number of aromatic nitrogens is 4. The Bertz CT molecular complexity index is 701. The lowest BCUT2D eigenvalue weighted by Crippen LogP contribution is -2.49. The number of carbonyl (C=O) groups is 1. The zero-order valence-corrected chi connectivity index (χ0v) is 15.8. The van der Waals surface area contributed by atoms with Crippen LogP contribution in [0.15, 0.2) is 6.07 Å². The van der Waals surface area contributed by atoms with E-state index in [4.69, 9.17) is 5.73 Å². The van der Waals surface area contributed by atoms with Gasteiger partial charge in [-0.1, -0.05) is 13.8 Å². The molecule has 0 aromatic carbocycles. The third kappa shape index (κ3) is 3.96. The number of rotatable bonds is 6. The van der Waals surface area contributed by atoms with E-state index in [9.17, 15) is 4.79 Å². The van der Waals surface area contributed by atoms with Crippen LogP contribution in [0, 0.1) is 13.8 Å². The topological polar surface area (TPSA) is 102 Å². The molecule has 4 N–H and O–H groups in total. The Morgan fingerprint density at radius 1 is 1.38 bits per heavy atom. The molecule has 134 valence electrons. The molecule has 0 unspecified atom stereocenters. The molecule has 0 spiro atoms. The van der Waals surface area contributed by atoms with Gasteiger partial charge in [0.2, 0.25) is 0 Å². The maximum absolute atomic E-state index is 12.3. The molecular formula is C16H27ClN6O. The lowest BCUT2D eigenvalue weighted by Gasteiger charge is -2.26. The van der Waals surface area contributed by atoms with Crippen molar-refractivity contribution in [2.45, 2.75) is 46.1 Å². The number of aryl methyl sites for hydroxylation is 2. The molecule has 0 aliphatic heterocycles. The Morgan fingerprint density at radius 2 is 2.00 bits per heavy atom. The van der Waals surface area contributed by atoms with Gasteiger partial charge >= 0.3 is 0 Å². The number of H-pyrrole nitrogens is 1. The number of hydrogen-bond donors (Lipinski definition) is 3. The second-order valence-electron chi connectivity index (χ2n) is 6.09. The fourth-order valence-electron chi connectivity index (χ4n) is 2.56. The largest absolute Gasteiger partial charge is 0.349 e. The molecule has 0 atom stereocenters. The minimum Gasteiger partial charge on any atom is -0.349 e. The molecule has 0 radical (unpaired) electrons. The first-order chi connectivity index (χ1) is 10.8. The first-order valence-electron chi connectivity index (χ1n) is 7.94. The molecule has 2 heterocycles. The number of nitrogens with zero attached hydrogens (tertiary/aromatic N) is 3. The van der Waals surface area contributed by atoms with Crippen LogP contribution in [0.5, 0.6) is 0 Å². The summed E-state index contributed by atoms with van der Waals surface area (Å²) in [5.74, 6) is -0.195. The van der Waals surface area contributed by atoms with E-state index in [0.717, 1.165) is 35.5 Å². The molecule has 7 nitrogen and oxygen atoms in total. The summed E-state index contributed by atoms with van der Waals surface area (Å²) in [7, 11) is 1.89. The smallest absolute Gasteiger partial charge is 0.269 e. The van der Waals surface area contributed by atoms with Crippen molar-refractivity contribution in [3.8, 4) is 11.3 Å². The van der Waals surface area contributed by atoms with E-state index in [0.29, 0.717) is 12.2 Å².